The molecule has 4 rings (SSSR count). The van der Waals surface area contributed by atoms with Gasteiger partial charge < -0.3 is 4.74 Å². The number of hydrogen-bond acceptors (Lipinski definition) is 5. The van der Waals surface area contributed by atoms with Crippen LogP contribution >= 0.6 is 23.4 Å². The second-order valence-electron chi connectivity index (χ2n) is 5.70. The molecule has 0 fully saturated rings. The van der Waals surface area contributed by atoms with Crippen LogP contribution in [0.1, 0.15) is 11.3 Å². The molecule has 1 N–H and O–H groups in total. The molecule has 0 aliphatic carbocycles. The Morgan fingerprint density at radius 1 is 1.12 bits per heavy atom. The molecule has 0 atom stereocenters. The van der Waals surface area contributed by atoms with Crippen LogP contribution in [0.3, 0.4) is 0 Å². The van der Waals surface area contributed by atoms with Crippen LogP contribution in [-0.2, 0) is 5.75 Å². The molecule has 3 aromatic heterocycles. The minimum Gasteiger partial charge on any atom is -0.454 e. The third-order valence-corrected chi connectivity index (χ3v) is 5.12. The van der Waals surface area contributed by atoms with Crippen molar-refractivity contribution in [1.29, 1.82) is 0 Å². The van der Waals surface area contributed by atoms with Crippen LogP contribution in [0.15, 0.2) is 59.8 Å². The van der Waals surface area contributed by atoms with Gasteiger partial charge in [0.15, 0.2) is 16.5 Å². The van der Waals surface area contributed by atoms with E-state index in [0.29, 0.717) is 10.9 Å². The number of thioether (sulfide) groups is 1. The van der Waals surface area contributed by atoms with Crippen molar-refractivity contribution in [1.82, 2.24) is 20.2 Å². The lowest BCUT2D eigenvalue weighted by molar-refractivity contribution is 0.480. The zero-order valence-electron chi connectivity index (χ0n) is 13.9. The van der Waals surface area contributed by atoms with Gasteiger partial charge in [0.05, 0.1) is 5.39 Å². The van der Waals surface area contributed by atoms with Crippen molar-refractivity contribution in [3.8, 4) is 11.5 Å². The van der Waals surface area contributed by atoms with Crippen LogP contribution in [0.25, 0.3) is 11.0 Å². The summed E-state index contributed by atoms with van der Waals surface area (Å²) in [6, 6.07) is 15.5. The molecule has 0 amide bonds. The van der Waals surface area contributed by atoms with Crippen molar-refractivity contribution in [3.63, 3.8) is 0 Å². The standard InChI is InChI=1S/C19H15ClN4OS/c1-12-4-9-16(17(20)22-12)25-14-7-5-13(6-8-14)11-26-19-15-3-2-10-21-18(15)23-24-19/h2-10H,11H2,1H3,(H,21,23,24). The van der Waals surface area contributed by atoms with Gasteiger partial charge in [0, 0.05) is 17.6 Å². The Hall–Kier alpha value is -2.57. The fourth-order valence-electron chi connectivity index (χ4n) is 2.46. The molecule has 7 heteroatoms. The molecule has 0 aliphatic rings. The summed E-state index contributed by atoms with van der Waals surface area (Å²) in [4.78, 5) is 8.45. The fraction of sp³-hybridized carbons (Fsp3) is 0.105. The minimum atomic E-state index is 0.364. The number of aromatic amines is 1. The summed E-state index contributed by atoms with van der Waals surface area (Å²) in [6.07, 6.45) is 1.75. The maximum absolute atomic E-state index is 6.11. The van der Waals surface area contributed by atoms with E-state index in [2.05, 4.69) is 20.2 Å². The van der Waals surface area contributed by atoms with Crippen molar-refractivity contribution < 1.29 is 4.74 Å². The second kappa shape index (κ2) is 7.35. The molecule has 0 bridgehead atoms. The Bertz CT molecular complexity index is 1050. The van der Waals surface area contributed by atoms with Gasteiger partial charge in [-0.3, -0.25) is 5.10 Å². The van der Waals surface area contributed by atoms with Gasteiger partial charge in [-0.25, -0.2) is 9.97 Å². The number of rotatable bonds is 5. The zero-order valence-corrected chi connectivity index (χ0v) is 15.5. The van der Waals surface area contributed by atoms with E-state index in [9.17, 15) is 0 Å². The maximum Gasteiger partial charge on any atom is 0.171 e. The fourth-order valence-corrected chi connectivity index (χ4v) is 3.62. The number of aryl methyl sites for hydroxylation is 1. The highest BCUT2D eigenvalue weighted by Gasteiger charge is 2.08. The molecular formula is C19H15ClN4OS. The van der Waals surface area contributed by atoms with Crippen LogP contribution in [0.2, 0.25) is 5.15 Å². The van der Waals surface area contributed by atoms with Gasteiger partial charge in [0.1, 0.15) is 10.8 Å². The number of pyridine rings is 2. The van der Waals surface area contributed by atoms with Gasteiger partial charge in [-0.05, 0) is 48.9 Å². The monoisotopic (exact) mass is 382 g/mol. The smallest absolute Gasteiger partial charge is 0.171 e. The number of aromatic nitrogens is 4. The molecule has 0 aliphatic heterocycles. The molecule has 0 unspecified atom stereocenters. The van der Waals surface area contributed by atoms with Gasteiger partial charge in [0.25, 0.3) is 0 Å². The van der Waals surface area contributed by atoms with Crippen LogP contribution < -0.4 is 4.74 Å². The molecule has 130 valence electrons. The van der Waals surface area contributed by atoms with Gasteiger partial charge in [-0.1, -0.05) is 35.5 Å². The second-order valence-corrected chi connectivity index (χ2v) is 7.03. The molecule has 4 aromatic rings. The molecule has 3 heterocycles. The Morgan fingerprint density at radius 2 is 1.96 bits per heavy atom. The summed E-state index contributed by atoms with van der Waals surface area (Å²) >= 11 is 7.78. The molecule has 26 heavy (non-hydrogen) atoms. The first kappa shape index (κ1) is 16.9. The highest BCUT2D eigenvalue weighted by Crippen LogP contribution is 2.30. The predicted molar refractivity (Wildman–Crippen MR) is 104 cm³/mol. The predicted octanol–water partition coefficient (Wildman–Crippen LogP) is 5.40. The van der Waals surface area contributed by atoms with Crippen molar-refractivity contribution >= 4 is 34.4 Å². The molecule has 0 radical (unpaired) electrons. The third-order valence-electron chi connectivity index (χ3n) is 3.78. The number of benzene rings is 1. The molecule has 0 saturated heterocycles. The summed E-state index contributed by atoms with van der Waals surface area (Å²) < 4.78 is 5.80. The number of nitrogens with zero attached hydrogens (tertiary/aromatic N) is 3. The lowest BCUT2D eigenvalue weighted by atomic mass is 10.2. The Morgan fingerprint density at radius 3 is 2.77 bits per heavy atom. The van der Waals surface area contributed by atoms with E-state index < -0.39 is 0 Å². The van der Waals surface area contributed by atoms with Crippen molar-refractivity contribution in [3.05, 3.63) is 71.1 Å². The third kappa shape index (κ3) is 3.66. The first-order valence-corrected chi connectivity index (χ1v) is 9.37. The molecule has 5 nitrogen and oxygen atoms in total. The summed E-state index contributed by atoms with van der Waals surface area (Å²) in [5, 5.41) is 9.63. The number of hydrogen-bond donors (Lipinski definition) is 1. The largest absolute Gasteiger partial charge is 0.454 e. The first-order chi connectivity index (χ1) is 12.7. The molecule has 0 saturated carbocycles. The highest BCUT2D eigenvalue weighted by atomic mass is 35.5. The Kier molecular flexibility index (Phi) is 4.77. The minimum absolute atomic E-state index is 0.364. The van der Waals surface area contributed by atoms with E-state index in [-0.39, 0.29) is 0 Å². The van der Waals surface area contributed by atoms with E-state index in [1.54, 1.807) is 18.0 Å². The van der Waals surface area contributed by atoms with E-state index in [0.717, 1.165) is 33.3 Å². The zero-order chi connectivity index (χ0) is 17.9. The van der Waals surface area contributed by atoms with Crippen molar-refractivity contribution in [2.24, 2.45) is 0 Å². The Balaban J connectivity index is 1.43. The van der Waals surface area contributed by atoms with E-state index in [1.165, 1.54) is 5.56 Å². The summed E-state index contributed by atoms with van der Waals surface area (Å²) in [7, 11) is 0. The number of halogens is 1. The summed E-state index contributed by atoms with van der Waals surface area (Å²) in [6.45, 7) is 1.89. The number of H-pyrrole nitrogens is 1. The number of nitrogens with one attached hydrogen (secondary N) is 1. The van der Waals surface area contributed by atoms with Crippen LogP contribution in [0.4, 0.5) is 0 Å². The SMILES string of the molecule is Cc1ccc(Oc2ccc(CSc3n[nH]c4ncccc34)cc2)c(Cl)n1. The van der Waals surface area contributed by atoms with Crippen LogP contribution in [0, 0.1) is 6.92 Å². The summed E-state index contributed by atoms with van der Waals surface area (Å²) in [5.41, 5.74) is 2.84. The van der Waals surface area contributed by atoms with Gasteiger partial charge in [-0.2, -0.15) is 5.10 Å². The summed E-state index contributed by atoms with van der Waals surface area (Å²) in [5.74, 6) is 2.08. The molecular weight excluding hydrogens is 368 g/mol. The van der Waals surface area contributed by atoms with E-state index in [4.69, 9.17) is 16.3 Å². The lowest BCUT2D eigenvalue weighted by Crippen LogP contribution is -1.90. The van der Waals surface area contributed by atoms with Crippen molar-refractivity contribution in [2.75, 3.05) is 0 Å². The van der Waals surface area contributed by atoms with E-state index in [1.807, 2.05) is 55.5 Å². The van der Waals surface area contributed by atoms with Gasteiger partial charge in [0.2, 0.25) is 0 Å². The van der Waals surface area contributed by atoms with Gasteiger partial charge >= 0.3 is 0 Å². The van der Waals surface area contributed by atoms with Crippen molar-refractivity contribution in [2.45, 2.75) is 17.7 Å². The topological polar surface area (TPSA) is 63.7 Å². The highest BCUT2D eigenvalue weighted by molar-refractivity contribution is 7.98. The maximum atomic E-state index is 6.11. The number of fused-ring (bicyclic) bond motifs is 1. The van der Waals surface area contributed by atoms with Crippen LogP contribution in [0.5, 0.6) is 11.5 Å². The van der Waals surface area contributed by atoms with Crippen LogP contribution in [-0.4, -0.2) is 20.2 Å². The number of ether oxygens (including phenoxy) is 1. The average molecular weight is 383 g/mol. The normalized spacial score (nSPS) is 11.0. The molecule has 1 aromatic carbocycles. The average Bonchev–Trinajstić information content (AvgIpc) is 3.07. The quantitative estimate of drug-likeness (QED) is 0.370. The molecule has 0 spiro atoms. The Labute approximate surface area is 159 Å². The van der Waals surface area contributed by atoms with E-state index >= 15 is 0 Å². The first-order valence-electron chi connectivity index (χ1n) is 8.01. The van der Waals surface area contributed by atoms with Gasteiger partial charge in [-0.15, -0.1) is 0 Å². The lowest BCUT2D eigenvalue weighted by Gasteiger charge is -2.08.